The van der Waals surface area contributed by atoms with Crippen LogP contribution >= 0.6 is 12.4 Å². The van der Waals surface area contributed by atoms with Crippen LogP contribution in [0.15, 0.2) is 0 Å². The van der Waals surface area contributed by atoms with E-state index in [4.69, 9.17) is 4.74 Å². The molecule has 2 aliphatic rings. The molecule has 3 atom stereocenters. The van der Waals surface area contributed by atoms with Gasteiger partial charge in [0.1, 0.15) is 6.23 Å². The van der Waals surface area contributed by atoms with Crippen molar-refractivity contribution < 1.29 is 4.74 Å². The summed E-state index contributed by atoms with van der Waals surface area (Å²) in [6.45, 7) is 5.44. The van der Waals surface area contributed by atoms with Gasteiger partial charge in [0.05, 0.1) is 6.61 Å². The Morgan fingerprint density at radius 1 is 1.27 bits per heavy atom. The molecule has 2 saturated heterocycles. The second-order valence-corrected chi connectivity index (χ2v) is 4.72. The van der Waals surface area contributed by atoms with E-state index in [9.17, 15) is 0 Å². The molecule has 15 heavy (non-hydrogen) atoms. The van der Waals surface area contributed by atoms with E-state index in [1.54, 1.807) is 0 Å². The fourth-order valence-electron chi connectivity index (χ4n) is 2.27. The molecule has 0 radical (unpaired) electrons. The van der Waals surface area contributed by atoms with Gasteiger partial charge in [-0.15, -0.1) is 12.4 Å². The van der Waals surface area contributed by atoms with Gasteiger partial charge in [-0.2, -0.15) is 0 Å². The minimum absolute atomic E-state index is 0. The van der Waals surface area contributed by atoms with Crippen LogP contribution in [0.25, 0.3) is 0 Å². The predicted molar refractivity (Wildman–Crippen MR) is 64.4 cm³/mol. The third-order valence-corrected chi connectivity index (χ3v) is 3.19. The lowest BCUT2D eigenvalue weighted by atomic mass is 10.0. The Morgan fingerprint density at radius 2 is 2.13 bits per heavy atom. The summed E-state index contributed by atoms with van der Waals surface area (Å²) in [5.74, 6) is 0.672. The molecule has 3 nitrogen and oxygen atoms in total. The van der Waals surface area contributed by atoms with Crippen LogP contribution < -0.4 is 10.6 Å². The van der Waals surface area contributed by atoms with Crippen LogP contribution in [0.5, 0.6) is 0 Å². The Morgan fingerprint density at radius 3 is 2.73 bits per heavy atom. The number of nitrogens with one attached hydrogen (secondary N) is 2. The summed E-state index contributed by atoms with van der Waals surface area (Å²) in [6.07, 6.45) is 5.46. The molecule has 2 rings (SSSR count). The Kier molecular flexibility index (Phi) is 5.90. The third kappa shape index (κ3) is 4.27. The minimum atomic E-state index is 0. The largest absolute Gasteiger partial charge is 0.363 e. The Hall–Kier alpha value is 0.170. The van der Waals surface area contributed by atoms with Gasteiger partial charge in [0.2, 0.25) is 0 Å². The van der Waals surface area contributed by atoms with Gasteiger partial charge in [-0.1, -0.05) is 13.3 Å². The smallest absolute Gasteiger partial charge is 0.109 e. The molecule has 2 aliphatic heterocycles. The first-order chi connectivity index (χ1) is 6.84. The summed E-state index contributed by atoms with van der Waals surface area (Å²) >= 11 is 0. The van der Waals surface area contributed by atoms with Crippen LogP contribution in [0.1, 0.15) is 32.6 Å². The standard InChI is InChI=1S/C11H22N2O.ClH/c1-9-7-13-11(14-8-9)6-10-4-2-3-5-12-10;/h9-13H,2-8H2,1H3;1H. The van der Waals surface area contributed by atoms with Crippen molar-refractivity contribution in [2.45, 2.75) is 44.9 Å². The summed E-state index contributed by atoms with van der Waals surface area (Å²) in [7, 11) is 0. The molecule has 2 N–H and O–H groups in total. The van der Waals surface area contributed by atoms with Crippen molar-refractivity contribution in [1.29, 1.82) is 0 Å². The molecule has 0 bridgehead atoms. The quantitative estimate of drug-likeness (QED) is 0.760. The van der Waals surface area contributed by atoms with E-state index in [0.717, 1.165) is 19.6 Å². The lowest BCUT2D eigenvalue weighted by molar-refractivity contribution is -0.0338. The van der Waals surface area contributed by atoms with Crippen molar-refractivity contribution in [2.75, 3.05) is 19.7 Å². The van der Waals surface area contributed by atoms with Gasteiger partial charge in [0, 0.05) is 19.0 Å². The van der Waals surface area contributed by atoms with Gasteiger partial charge < -0.3 is 10.1 Å². The van der Waals surface area contributed by atoms with E-state index in [0.29, 0.717) is 18.2 Å². The van der Waals surface area contributed by atoms with Crippen LogP contribution in [0.2, 0.25) is 0 Å². The molecule has 2 fully saturated rings. The zero-order chi connectivity index (χ0) is 9.80. The van der Waals surface area contributed by atoms with Gasteiger partial charge >= 0.3 is 0 Å². The molecule has 0 aliphatic carbocycles. The zero-order valence-corrected chi connectivity index (χ0v) is 10.3. The second-order valence-electron chi connectivity index (χ2n) is 4.72. The van der Waals surface area contributed by atoms with Crippen LogP contribution in [-0.2, 0) is 4.74 Å². The molecule has 4 heteroatoms. The highest BCUT2D eigenvalue weighted by Gasteiger charge is 2.22. The number of piperidine rings is 1. The highest BCUT2D eigenvalue weighted by Crippen LogP contribution is 2.15. The molecule has 0 aromatic carbocycles. The molecule has 90 valence electrons. The maximum absolute atomic E-state index is 5.74. The number of halogens is 1. The second kappa shape index (κ2) is 6.69. The maximum Gasteiger partial charge on any atom is 0.109 e. The number of ether oxygens (including phenoxy) is 1. The average Bonchev–Trinajstić information content (AvgIpc) is 2.23. The van der Waals surface area contributed by atoms with Crippen LogP contribution in [0.4, 0.5) is 0 Å². The predicted octanol–water partition coefficient (Wildman–Crippen LogP) is 1.52. The third-order valence-electron chi connectivity index (χ3n) is 3.19. The van der Waals surface area contributed by atoms with E-state index >= 15 is 0 Å². The van der Waals surface area contributed by atoms with E-state index in [2.05, 4.69) is 17.6 Å². The lowest BCUT2D eigenvalue weighted by Crippen LogP contribution is -2.47. The molecule has 3 unspecified atom stereocenters. The van der Waals surface area contributed by atoms with E-state index < -0.39 is 0 Å². The van der Waals surface area contributed by atoms with Crippen molar-refractivity contribution in [3.8, 4) is 0 Å². The van der Waals surface area contributed by atoms with Gasteiger partial charge in [0.25, 0.3) is 0 Å². The molecule has 0 spiro atoms. The molecular weight excluding hydrogens is 212 g/mol. The normalized spacial score (nSPS) is 37.0. The molecule has 0 aromatic heterocycles. The highest BCUT2D eigenvalue weighted by molar-refractivity contribution is 5.85. The summed E-state index contributed by atoms with van der Waals surface area (Å²) < 4.78 is 5.74. The Bertz CT molecular complexity index is 166. The summed E-state index contributed by atoms with van der Waals surface area (Å²) in [5, 5.41) is 7.01. The van der Waals surface area contributed by atoms with Crippen LogP contribution in [0.3, 0.4) is 0 Å². The molecule has 0 saturated carbocycles. The SMILES string of the molecule is CC1CNC(CC2CCCCN2)OC1.Cl. The average molecular weight is 235 g/mol. The summed E-state index contributed by atoms with van der Waals surface area (Å²) in [5.41, 5.74) is 0. The number of rotatable bonds is 2. The molecule has 0 aromatic rings. The number of hydrogen-bond donors (Lipinski definition) is 2. The number of hydrogen-bond acceptors (Lipinski definition) is 3. The van der Waals surface area contributed by atoms with Crippen LogP contribution in [0, 0.1) is 5.92 Å². The van der Waals surface area contributed by atoms with Crippen molar-refractivity contribution in [3.63, 3.8) is 0 Å². The van der Waals surface area contributed by atoms with E-state index in [1.165, 1.54) is 25.8 Å². The minimum Gasteiger partial charge on any atom is -0.363 e. The summed E-state index contributed by atoms with van der Waals surface area (Å²) in [6, 6.07) is 0.676. The van der Waals surface area contributed by atoms with E-state index in [1.807, 2.05) is 0 Å². The first-order valence-corrected chi connectivity index (χ1v) is 5.93. The van der Waals surface area contributed by atoms with Crippen molar-refractivity contribution in [3.05, 3.63) is 0 Å². The monoisotopic (exact) mass is 234 g/mol. The zero-order valence-electron chi connectivity index (χ0n) is 9.50. The van der Waals surface area contributed by atoms with Gasteiger partial charge in [-0.3, -0.25) is 5.32 Å². The fourth-order valence-corrected chi connectivity index (χ4v) is 2.27. The van der Waals surface area contributed by atoms with Gasteiger partial charge in [0.15, 0.2) is 0 Å². The molecule has 2 heterocycles. The first kappa shape index (κ1) is 13.2. The van der Waals surface area contributed by atoms with Crippen molar-refractivity contribution in [2.24, 2.45) is 5.92 Å². The Labute approximate surface area is 98.7 Å². The first-order valence-electron chi connectivity index (χ1n) is 5.93. The fraction of sp³-hybridized carbons (Fsp3) is 1.00. The topological polar surface area (TPSA) is 33.3 Å². The molecule has 0 amide bonds. The van der Waals surface area contributed by atoms with Gasteiger partial charge in [-0.05, 0) is 25.3 Å². The molecular formula is C11H23ClN2O. The maximum atomic E-state index is 5.74. The Balaban J connectivity index is 0.00000112. The lowest BCUT2D eigenvalue weighted by Gasteiger charge is -2.32. The van der Waals surface area contributed by atoms with Crippen LogP contribution in [-0.4, -0.2) is 32.0 Å². The van der Waals surface area contributed by atoms with E-state index in [-0.39, 0.29) is 12.4 Å². The van der Waals surface area contributed by atoms with Crippen molar-refractivity contribution in [1.82, 2.24) is 10.6 Å². The van der Waals surface area contributed by atoms with Crippen molar-refractivity contribution >= 4 is 12.4 Å². The summed E-state index contributed by atoms with van der Waals surface area (Å²) in [4.78, 5) is 0. The van der Waals surface area contributed by atoms with Gasteiger partial charge in [-0.25, -0.2) is 0 Å². The highest BCUT2D eigenvalue weighted by atomic mass is 35.5.